The summed E-state index contributed by atoms with van der Waals surface area (Å²) in [6.45, 7) is 6.64. The van der Waals surface area contributed by atoms with Crippen molar-refractivity contribution in [2.75, 3.05) is 33.5 Å². The lowest BCUT2D eigenvalue weighted by Gasteiger charge is -2.16. The minimum absolute atomic E-state index is 0.214. The Kier molecular flexibility index (Phi) is 7.83. The van der Waals surface area contributed by atoms with Crippen LogP contribution in [0.5, 0.6) is 0 Å². The minimum Gasteiger partial charge on any atom is -0.469 e. The third-order valence-corrected chi connectivity index (χ3v) is 3.57. The fourth-order valence-electron chi connectivity index (χ4n) is 1.15. The first kappa shape index (κ1) is 12.5. The molecule has 0 saturated heterocycles. The zero-order chi connectivity index (χ0) is 10.1. The van der Waals surface area contributed by atoms with Crippen molar-refractivity contribution >= 4 is 9.52 Å². The van der Waals surface area contributed by atoms with Crippen molar-refractivity contribution in [1.29, 1.82) is 0 Å². The molecule has 0 atom stereocenters. The highest BCUT2D eigenvalue weighted by Crippen LogP contribution is 1.94. The second-order valence-corrected chi connectivity index (χ2v) is 4.18. The van der Waals surface area contributed by atoms with E-state index in [0.717, 1.165) is 13.1 Å². The Morgan fingerprint density at radius 3 is 2.15 bits per heavy atom. The number of nitrogens with zero attached hydrogens (tertiary/aromatic N) is 1. The fraction of sp³-hybridized carbons (Fsp3) is 0.778. The Morgan fingerprint density at radius 1 is 1.23 bits per heavy atom. The van der Waals surface area contributed by atoms with Crippen LogP contribution in [0.25, 0.3) is 0 Å². The molecule has 0 heterocycles. The highest BCUT2D eigenvalue weighted by atomic mass is 28.2. The summed E-state index contributed by atoms with van der Waals surface area (Å²) in [5, 5.41) is 0. The van der Waals surface area contributed by atoms with E-state index < -0.39 is 0 Å². The van der Waals surface area contributed by atoms with Gasteiger partial charge in [-0.3, -0.25) is 0 Å². The summed E-state index contributed by atoms with van der Waals surface area (Å²) in [7, 11) is 3.07. The molecule has 4 heteroatoms. The van der Waals surface area contributed by atoms with Gasteiger partial charge in [0.25, 0.3) is 5.95 Å². The van der Waals surface area contributed by atoms with Crippen LogP contribution in [0.15, 0.2) is 11.6 Å². The summed E-state index contributed by atoms with van der Waals surface area (Å²) in [5.74, 6) is 0.666. The van der Waals surface area contributed by atoms with E-state index >= 15 is 0 Å². The first-order chi connectivity index (χ1) is 6.28. The lowest BCUT2D eigenvalue weighted by Crippen LogP contribution is -2.27. The summed E-state index contributed by atoms with van der Waals surface area (Å²) in [5.41, 5.74) is 2.11. The number of methoxy groups -OCH3 is 2. The van der Waals surface area contributed by atoms with Gasteiger partial charge in [-0.1, -0.05) is 13.8 Å². The zero-order valence-electron chi connectivity index (χ0n) is 9.17. The molecule has 0 aromatic rings. The highest BCUT2D eigenvalue weighted by molar-refractivity contribution is 6.42. The lowest BCUT2D eigenvalue weighted by molar-refractivity contribution is 0.0963. The minimum atomic E-state index is -0.214. The first-order valence-electron chi connectivity index (χ1n) is 4.78. The van der Waals surface area contributed by atoms with Crippen LogP contribution in [-0.2, 0) is 9.47 Å². The molecule has 0 saturated carbocycles. The van der Waals surface area contributed by atoms with Gasteiger partial charge in [-0.05, 0) is 25.0 Å². The van der Waals surface area contributed by atoms with Gasteiger partial charge in [0.15, 0.2) is 0 Å². The highest BCUT2D eigenvalue weighted by Gasteiger charge is 1.98. The van der Waals surface area contributed by atoms with Gasteiger partial charge >= 0.3 is 0 Å². The standard InChI is InChI=1S/C9H21NO2Si/c1-5-10(6-2)8-13-7-9(11-3)12-4/h7H,5-6,8,13H2,1-4H3. The van der Waals surface area contributed by atoms with Gasteiger partial charge in [-0.15, -0.1) is 0 Å². The van der Waals surface area contributed by atoms with E-state index in [1.165, 1.54) is 6.17 Å². The monoisotopic (exact) mass is 203 g/mol. The van der Waals surface area contributed by atoms with E-state index in [1.54, 1.807) is 14.2 Å². The molecular formula is C9H21NO2Si. The maximum absolute atomic E-state index is 5.00. The van der Waals surface area contributed by atoms with Crippen molar-refractivity contribution in [3.8, 4) is 0 Å². The van der Waals surface area contributed by atoms with Crippen molar-refractivity contribution in [3.63, 3.8) is 0 Å². The molecule has 0 unspecified atom stereocenters. The van der Waals surface area contributed by atoms with Crippen LogP contribution in [0.1, 0.15) is 13.8 Å². The summed E-state index contributed by atoms with van der Waals surface area (Å²) in [6, 6.07) is 0. The normalized spacial score (nSPS) is 10.8. The predicted octanol–water partition coefficient (Wildman–Crippen LogP) is 0.546. The smallest absolute Gasteiger partial charge is 0.269 e. The molecule has 0 aliphatic heterocycles. The van der Waals surface area contributed by atoms with E-state index in [1.807, 2.05) is 0 Å². The average molecular weight is 203 g/mol. The topological polar surface area (TPSA) is 21.7 Å². The molecule has 0 aromatic heterocycles. The summed E-state index contributed by atoms with van der Waals surface area (Å²) < 4.78 is 10.0. The van der Waals surface area contributed by atoms with Crippen LogP contribution in [0.3, 0.4) is 0 Å². The SMILES string of the molecule is CCN(CC)C[SiH2]C=C(OC)OC. The van der Waals surface area contributed by atoms with E-state index in [9.17, 15) is 0 Å². The molecule has 0 fully saturated rings. The Morgan fingerprint density at radius 2 is 1.77 bits per heavy atom. The Balaban J connectivity index is 3.68. The van der Waals surface area contributed by atoms with Gasteiger partial charge in [-0.25, -0.2) is 0 Å². The van der Waals surface area contributed by atoms with Crippen molar-refractivity contribution < 1.29 is 9.47 Å². The molecule has 13 heavy (non-hydrogen) atoms. The molecule has 0 rings (SSSR count). The third-order valence-electron chi connectivity index (χ3n) is 2.05. The molecular weight excluding hydrogens is 182 g/mol. The maximum Gasteiger partial charge on any atom is 0.269 e. The number of rotatable bonds is 7. The molecule has 0 aliphatic carbocycles. The second kappa shape index (κ2) is 8.13. The summed E-state index contributed by atoms with van der Waals surface area (Å²) in [6.07, 6.45) is 1.20. The molecule has 78 valence electrons. The van der Waals surface area contributed by atoms with Crippen molar-refractivity contribution in [2.24, 2.45) is 0 Å². The van der Waals surface area contributed by atoms with Crippen molar-refractivity contribution in [3.05, 3.63) is 11.6 Å². The fourth-order valence-corrected chi connectivity index (χ4v) is 2.85. The maximum atomic E-state index is 5.00. The first-order valence-corrected chi connectivity index (χ1v) is 6.60. The van der Waals surface area contributed by atoms with E-state index in [2.05, 4.69) is 24.4 Å². The van der Waals surface area contributed by atoms with Gasteiger partial charge in [0.05, 0.1) is 23.7 Å². The van der Waals surface area contributed by atoms with Crippen LogP contribution in [0.4, 0.5) is 0 Å². The number of hydrogen-bond donors (Lipinski definition) is 0. The number of hydrogen-bond acceptors (Lipinski definition) is 3. The molecule has 3 nitrogen and oxygen atoms in total. The third kappa shape index (κ3) is 5.71. The Labute approximate surface area is 83.5 Å². The molecule has 0 N–H and O–H groups in total. The zero-order valence-corrected chi connectivity index (χ0v) is 10.6. The molecule has 0 amide bonds. The van der Waals surface area contributed by atoms with E-state index in [0.29, 0.717) is 5.95 Å². The summed E-state index contributed by atoms with van der Waals surface area (Å²) in [4.78, 5) is 2.42. The van der Waals surface area contributed by atoms with Gasteiger partial charge in [0, 0.05) is 0 Å². The van der Waals surface area contributed by atoms with E-state index in [4.69, 9.17) is 9.47 Å². The van der Waals surface area contributed by atoms with Crippen LogP contribution < -0.4 is 0 Å². The van der Waals surface area contributed by atoms with Gasteiger partial charge in [0.1, 0.15) is 0 Å². The van der Waals surface area contributed by atoms with E-state index in [-0.39, 0.29) is 9.52 Å². The Hall–Kier alpha value is -0.483. The van der Waals surface area contributed by atoms with Crippen LogP contribution in [0.2, 0.25) is 0 Å². The van der Waals surface area contributed by atoms with Gasteiger partial charge in [0.2, 0.25) is 0 Å². The number of ether oxygens (including phenoxy) is 2. The molecule has 0 bridgehead atoms. The second-order valence-electron chi connectivity index (χ2n) is 2.75. The van der Waals surface area contributed by atoms with Crippen molar-refractivity contribution in [1.82, 2.24) is 4.90 Å². The summed E-state index contributed by atoms with van der Waals surface area (Å²) >= 11 is 0. The average Bonchev–Trinajstić information content (AvgIpc) is 2.19. The van der Waals surface area contributed by atoms with Gasteiger partial charge < -0.3 is 14.4 Å². The molecule has 0 radical (unpaired) electrons. The van der Waals surface area contributed by atoms with Crippen LogP contribution in [0, 0.1) is 0 Å². The quantitative estimate of drug-likeness (QED) is 0.445. The Bertz CT molecular complexity index is 141. The largest absolute Gasteiger partial charge is 0.469 e. The molecule has 0 spiro atoms. The lowest BCUT2D eigenvalue weighted by atomic mass is 10.6. The van der Waals surface area contributed by atoms with Gasteiger partial charge in [-0.2, -0.15) is 0 Å². The molecule has 0 aliphatic rings. The molecule has 0 aromatic carbocycles. The van der Waals surface area contributed by atoms with Crippen LogP contribution in [-0.4, -0.2) is 47.9 Å². The van der Waals surface area contributed by atoms with Crippen molar-refractivity contribution in [2.45, 2.75) is 13.8 Å². The predicted molar refractivity (Wildman–Crippen MR) is 58.4 cm³/mol. The van der Waals surface area contributed by atoms with Crippen LogP contribution >= 0.6 is 0 Å².